The molecule has 2 amide bonds. The SMILES string of the molecule is O=C(C[C@@H]1COCCN1)NCc1ccc(N2CCCC2=O)cc1. The second-order valence-corrected chi connectivity index (χ2v) is 6.02. The summed E-state index contributed by atoms with van der Waals surface area (Å²) in [6.07, 6.45) is 1.99. The van der Waals surface area contributed by atoms with Crippen molar-refractivity contribution >= 4 is 17.5 Å². The second-order valence-electron chi connectivity index (χ2n) is 6.02. The Hall–Kier alpha value is -1.92. The Morgan fingerprint density at radius 2 is 2.17 bits per heavy atom. The molecule has 1 atom stereocenters. The molecule has 6 heteroatoms. The third-order valence-electron chi connectivity index (χ3n) is 4.24. The van der Waals surface area contributed by atoms with Crippen LogP contribution < -0.4 is 15.5 Å². The molecule has 1 aromatic rings. The Morgan fingerprint density at radius 3 is 2.83 bits per heavy atom. The number of anilines is 1. The summed E-state index contributed by atoms with van der Waals surface area (Å²) in [5.74, 6) is 0.208. The van der Waals surface area contributed by atoms with Gasteiger partial charge in [-0.05, 0) is 24.1 Å². The van der Waals surface area contributed by atoms with Gasteiger partial charge in [0.05, 0.1) is 13.2 Å². The van der Waals surface area contributed by atoms with E-state index in [2.05, 4.69) is 10.6 Å². The maximum absolute atomic E-state index is 11.9. The van der Waals surface area contributed by atoms with Crippen LogP contribution in [0.25, 0.3) is 0 Å². The molecule has 2 fully saturated rings. The van der Waals surface area contributed by atoms with E-state index in [1.54, 1.807) is 0 Å². The number of benzene rings is 1. The van der Waals surface area contributed by atoms with E-state index in [4.69, 9.17) is 4.74 Å². The number of hydrogen-bond donors (Lipinski definition) is 2. The van der Waals surface area contributed by atoms with Crippen LogP contribution in [0.3, 0.4) is 0 Å². The van der Waals surface area contributed by atoms with Gasteiger partial charge in [-0.1, -0.05) is 12.1 Å². The number of nitrogens with zero attached hydrogens (tertiary/aromatic N) is 1. The fourth-order valence-electron chi connectivity index (χ4n) is 2.96. The predicted octanol–water partition coefficient (Wildman–Crippen LogP) is 0.808. The van der Waals surface area contributed by atoms with Crippen molar-refractivity contribution in [1.82, 2.24) is 10.6 Å². The van der Waals surface area contributed by atoms with E-state index in [0.29, 0.717) is 32.6 Å². The lowest BCUT2D eigenvalue weighted by molar-refractivity contribution is -0.122. The molecule has 23 heavy (non-hydrogen) atoms. The van der Waals surface area contributed by atoms with Gasteiger partial charge in [-0.2, -0.15) is 0 Å². The van der Waals surface area contributed by atoms with E-state index in [0.717, 1.165) is 30.8 Å². The zero-order valence-electron chi connectivity index (χ0n) is 13.2. The van der Waals surface area contributed by atoms with Crippen LogP contribution >= 0.6 is 0 Å². The minimum Gasteiger partial charge on any atom is -0.378 e. The molecule has 0 saturated carbocycles. The predicted molar refractivity (Wildman–Crippen MR) is 87.1 cm³/mol. The number of ether oxygens (including phenoxy) is 1. The summed E-state index contributed by atoms with van der Waals surface area (Å²) >= 11 is 0. The Morgan fingerprint density at radius 1 is 1.35 bits per heavy atom. The van der Waals surface area contributed by atoms with Crippen LogP contribution in [0.4, 0.5) is 5.69 Å². The highest BCUT2D eigenvalue weighted by Gasteiger charge is 2.21. The normalized spacial score (nSPS) is 21.5. The molecule has 0 bridgehead atoms. The van der Waals surface area contributed by atoms with E-state index in [9.17, 15) is 9.59 Å². The van der Waals surface area contributed by atoms with E-state index >= 15 is 0 Å². The Kier molecular flexibility index (Phi) is 5.25. The lowest BCUT2D eigenvalue weighted by Crippen LogP contribution is -2.44. The average Bonchev–Trinajstić information content (AvgIpc) is 3.00. The zero-order valence-corrected chi connectivity index (χ0v) is 13.2. The second kappa shape index (κ2) is 7.57. The molecular weight excluding hydrogens is 294 g/mol. The van der Waals surface area contributed by atoms with Gasteiger partial charge in [-0.3, -0.25) is 9.59 Å². The van der Waals surface area contributed by atoms with E-state index in [-0.39, 0.29) is 17.9 Å². The maximum atomic E-state index is 11.9. The highest BCUT2D eigenvalue weighted by molar-refractivity contribution is 5.95. The number of rotatable bonds is 5. The van der Waals surface area contributed by atoms with Crippen LogP contribution in [0.2, 0.25) is 0 Å². The van der Waals surface area contributed by atoms with Gasteiger partial charge in [0.1, 0.15) is 0 Å². The highest BCUT2D eigenvalue weighted by atomic mass is 16.5. The van der Waals surface area contributed by atoms with Crippen LogP contribution in [-0.2, 0) is 20.9 Å². The van der Waals surface area contributed by atoms with Gasteiger partial charge < -0.3 is 20.3 Å². The van der Waals surface area contributed by atoms with Gasteiger partial charge in [0, 0.05) is 44.2 Å². The van der Waals surface area contributed by atoms with E-state index < -0.39 is 0 Å². The smallest absolute Gasteiger partial charge is 0.227 e. The molecule has 0 spiro atoms. The third-order valence-corrected chi connectivity index (χ3v) is 4.24. The first-order valence-electron chi connectivity index (χ1n) is 8.19. The molecule has 2 N–H and O–H groups in total. The molecule has 2 aliphatic rings. The Labute approximate surface area is 136 Å². The summed E-state index contributed by atoms with van der Waals surface area (Å²) in [5, 5.41) is 6.20. The summed E-state index contributed by atoms with van der Waals surface area (Å²) in [4.78, 5) is 25.5. The van der Waals surface area contributed by atoms with Crippen molar-refractivity contribution in [1.29, 1.82) is 0 Å². The fourth-order valence-corrected chi connectivity index (χ4v) is 2.96. The molecule has 6 nitrogen and oxygen atoms in total. The first-order valence-corrected chi connectivity index (χ1v) is 8.19. The van der Waals surface area contributed by atoms with Gasteiger partial charge >= 0.3 is 0 Å². The van der Waals surface area contributed by atoms with Crippen molar-refractivity contribution in [3.05, 3.63) is 29.8 Å². The number of nitrogens with one attached hydrogen (secondary N) is 2. The fraction of sp³-hybridized carbons (Fsp3) is 0.529. The number of morpholine rings is 1. The first-order chi connectivity index (χ1) is 11.2. The van der Waals surface area contributed by atoms with Crippen LogP contribution in [-0.4, -0.2) is 44.2 Å². The van der Waals surface area contributed by atoms with Crippen LogP contribution in [0.1, 0.15) is 24.8 Å². The van der Waals surface area contributed by atoms with Gasteiger partial charge in [-0.15, -0.1) is 0 Å². The lowest BCUT2D eigenvalue weighted by Gasteiger charge is -2.23. The molecule has 0 radical (unpaired) electrons. The standard InChI is InChI=1S/C17H23N3O3/c21-16(10-14-12-23-9-7-18-14)19-11-13-3-5-15(6-4-13)20-8-1-2-17(20)22/h3-6,14,18H,1-2,7-12H2,(H,19,21)/t14-/m1/s1. The number of amides is 2. The molecule has 3 rings (SSSR count). The summed E-state index contributed by atoms with van der Waals surface area (Å²) in [6, 6.07) is 7.92. The summed E-state index contributed by atoms with van der Waals surface area (Å²) in [7, 11) is 0. The highest BCUT2D eigenvalue weighted by Crippen LogP contribution is 2.21. The topological polar surface area (TPSA) is 70.7 Å². The maximum Gasteiger partial charge on any atom is 0.227 e. The van der Waals surface area contributed by atoms with Crippen molar-refractivity contribution in [2.45, 2.75) is 31.8 Å². The minimum atomic E-state index is 0.0202. The Balaban J connectivity index is 1.46. The molecule has 0 aromatic heterocycles. The van der Waals surface area contributed by atoms with Crippen molar-refractivity contribution in [2.24, 2.45) is 0 Å². The molecule has 2 aliphatic heterocycles. The van der Waals surface area contributed by atoms with Gasteiger partial charge in [0.15, 0.2) is 0 Å². The van der Waals surface area contributed by atoms with Crippen molar-refractivity contribution in [3.8, 4) is 0 Å². The van der Waals surface area contributed by atoms with Crippen molar-refractivity contribution in [3.63, 3.8) is 0 Å². The van der Waals surface area contributed by atoms with Crippen molar-refractivity contribution < 1.29 is 14.3 Å². The van der Waals surface area contributed by atoms with Gasteiger partial charge in [-0.25, -0.2) is 0 Å². The Bertz CT molecular complexity index is 553. The van der Waals surface area contributed by atoms with Crippen molar-refractivity contribution in [2.75, 3.05) is 31.2 Å². The zero-order chi connectivity index (χ0) is 16.1. The summed E-state index contributed by atoms with van der Waals surface area (Å²) in [6.45, 7) is 3.40. The monoisotopic (exact) mass is 317 g/mol. The molecule has 2 saturated heterocycles. The molecule has 0 aliphatic carbocycles. The third kappa shape index (κ3) is 4.30. The van der Waals surface area contributed by atoms with Crippen LogP contribution in [0, 0.1) is 0 Å². The van der Waals surface area contributed by atoms with Crippen LogP contribution in [0.5, 0.6) is 0 Å². The minimum absolute atomic E-state index is 0.0202. The van der Waals surface area contributed by atoms with Gasteiger partial charge in [0.25, 0.3) is 0 Å². The van der Waals surface area contributed by atoms with E-state index in [1.807, 2.05) is 29.2 Å². The van der Waals surface area contributed by atoms with Crippen LogP contribution in [0.15, 0.2) is 24.3 Å². The molecule has 0 unspecified atom stereocenters. The van der Waals surface area contributed by atoms with Gasteiger partial charge in [0.2, 0.25) is 11.8 Å². The molecule has 1 aromatic carbocycles. The first kappa shape index (κ1) is 16.0. The quantitative estimate of drug-likeness (QED) is 0.843. The number of carbonyl (C=O) groups is 2. The summed E-state index contributed by atoms with van der Waals surface area (Å²) in [5.41, 5.74) is 1.97. The average molecular weight is 317 g/mol. The summed E-state index contributed by atoms with van der Waals surface area (Å²) < 4.78 is 5.34. The molecular formula is C17H23N3O3. The molecule has 124 valence electrons. The number of carbonyl (C=O) groups excluding carboxylic acids is 2. The largest absolute Gasteiger partial charge is 0.378 e. The van der Waals surface area contributed by atoms with E-state index in [1.165, 1.54) is 0 Å². The number of hydrogen-bond acceptors (Lipinski definition) is 4. The molecule has 2 heterocycles. The lowest BCUT2D eigenvalue weighted by atomic mass is 10.1.